The van der Waals surface area contributed by atoms with Crippen molar-refractivity contribution in [2.45, 2.75) is 0 Å². The van der Waals surface area contributed by atoms with E-state index in [0.29, 0.717) is 5.56 Å². The molecule has 0 unspecified atom stereocenters. The molecule has 1 nitrogen and oxygen atoms in total. The Morgan fingerprint density at radius 1 is 0.889 bits per heavy atom. The van der Waals surface area contributed by atoms with E-state index in [4.69, 9.17) is 0 Å². The largest absolute Gasteiger partial charge is 0.192 e. The van der Waals surface area contributed by atoms with Crippen molar-refractivity contribution in [2.75, 3.05) is 0 Å². The topological polar surface area (TPSA) is 23.8 Å². The van der Waals surface area contributed by atoms with Gasteiger partial charge in [0.1, 0.15) is 0 Å². The van der Waals surface area contributed by atoms with E-state index in [1.807, 2.05) is 6.07 Å². The lowest BCUT2D eigenvalue weighted by Crippen LogP contribution is -1.86. The van der Waals surface area contributed by atoms with Crippen LogP contribution in [0.5, 0.6) is 0 Å². The summed E-state index contributed by atoms with van der Waals surface area (Å²) in [6.45, 7) is 0. The van der Waals surface area contributed by atoms with E-state index in [1.165, 1.54) is 16.2 Å². The lowest BCUT2D eigenvalue weighted by atomic mass is 9.92. The summed E-state index contributed by atoms with van der Waals surface area (Å²) < 4.78 is 0. The summed E-state index contributed by atoms with van der Waals surface area (Å²) in [6.07, 6.45) is 0. The average Bonchev–Trinajstić information content (AvgIpc) is 2.44. The molecule has 4 rings (SSSR count). The summed E-state index contributed by atoms with van der Waals surface area (Å²) in [5, 5.41) is 16.1. The molecule has 81 valence electrons. The highest BCUT2D eigenvalue weighted by atomic mass is 14.2. The first-order valence-electron chi connectivity index (χ1n) is 5.87. The molecule has 1 radical (unpaired) electrons. The Balaban J connectivity index is 2.45. The fourth-order valence-electron chi connectivity index (χ4n) is 2.75. The van der Waals surface area contributed by atoms with Gasteiger partial charge in [0.2, 0.25) is 0 Å². The van der Waals surface area contributed by atoms with Crippen molar-refractivity contribution in [3.05, 3.63) is 60.2 Å². The highest BCUT2D eigenvalue weighted by Gasteiger charge is 2.09. The SMILES string of the molecule is N#Cc1c[c]c2ccc3cccc4ccc1c2c34. The van der Waals surface area contributed by atoms with Gasteiger partial charge in [0, 0.05) is 5.39 Å². The molecular formula is C17H8N. The maximum absolute atomic E-state index is 9.20. The molecule has 18 heavy (non-hydrogen) atoms. The first-order chi connectivity index (χ1) is 8.88. The van der Waals surface area contributed by atoms with E-state index in [9.17, 15) is 5.26 Å². The van der Waals surface area contributed by atoms with Crippen molar-refractivity contribution >= 4 is 32.3 Å². The molecule has 4 aromatic rings. The van der Waals surface area contributed by atoms with E-state index in [-0.39, 0.29) is 0 Å². The molecule has 0 aliphatic heterocycles. The Morgan fingerprint density at radius 3 is 2.44 bits per heavy atom. The number of hydrogen-bond donors (Lipinski definition) is 0. The van der Waals surface area contributed by atoms with E-state index in [1.54, 1.807) is 6.07 Å². The first-order valence-corrected chi connectivity index (χ1v) is 5.87. The summed E-state index contributed by atoms with van der Waals surface area (Å²) in [4.78, 5) is 0. The van der Waals surface area contributed by atoms with Gasteiger partial charge in [0.25, 0.3) is 0 Å². The van der Waals surface area contributed by atoms with Gasteiger partial charge < -0.3 is 0 Å². The van der Waals surface area contributed by atoms with Crippen molar-refractivity contribution in [3.8, 4) is 6.07 Å². The molecule has 0 aliphatic rings. The van der Waals surface area contributed by atoms with Crippen LogP contribution in [-0.4, -0.2) is 0 Å². The zero-order valence-electron chi connectivity index (χ0n) is 9.57. The summed E-state index contributed by atoms with van der Waals surface area (Å²) in [6, 6.07) is 21.8. The second-order valence-corrected chi connectivity index (χ2v) is 4.49. The highest BCUT2D eigenvalue weighted by Crippen LogP contribution is 2.35. The average molecular weight is 226 g/mol. The van der Waals surface area contributed by atoms with Crippen LogP contribution in [0, 0.1) is 17.4 Å². The molecule has 0 bridgehead atoms. The molecule has 0 N–H and O–H groups in total. The minimum atomic E-state index is 0.695. The van der Waals surface area contributed by atoms with Crippen molar-refractivity contribution in [1.29, 1.82) is 5.26 Å². The maximum Gasteiger partial charge on any atom is 0.0998 e. The quantitative estimate of drug-likeness (QED) is 0.411. The van der Waals surface area contributed by atoms with Crippen LogP contribution in [0.25, 0.3) is 32.3 Å². The van der Waals surface area contributed by atoms with Gasteiger partial charge in [-0.1, -0.05) is 42.5 Å². The van der Waals surface area contributed by atoms with Crippen molar-refractivity contribution in [2.24, 2.45) is 0 Å². The lowest BCUT2D eigenvalue weighted by molar-refractivity contribution is 1.51. The third kappa shape index (κ3) is 1.05. The second kappa shape index (κ2) is 3.21. The van der Waals surface area contributed by atoms with Gasteiger partial charge in [0.05, 0.1) is 11.6 Å². The van der Waals surface area contributed by atoms with E-state index < -0.39 is 0 Å². The summed E-state index contributed by atoms with van der Waals surface area (Å²) in [5.41, 5.74) is 0.695. The minimum Gasteiger partial charge on any atom is -0.192 e. The van der Waals surface area contributed by atoms with Gasteiger partial charge in [0.15, 0.2) is 0 Å². The highest BCUT2D eigenvalue weighted by molar-refractivity contribution is 6.23. The number of nitriles is 1. The van der Waals surface area contributed by atoms with Crippen LogP contribution in [0.1, 0.15) is 5.56 Å². The Kier molecular flexibility index (Phi) is 1.68. The molecule has 0 atom stereocenters. The molecule has 0 heterocycles. The minimum absolute atomic E-state index is 0.695. The van der Waals surface area contributed by atoms with Gasteiger partial charge in [-0.3, -0.25) is 0 Å². The Labute approximate surface area is 104 Å². The second-order valence-electron chi connectivity index (χ2n) is 4.49. The summed E-state index contributed by atoms with van der Waals surface area (Å²) >= 11 is 0. The molecule has 1 heteroatoms. The van der Waals surface area contributed by atoms with Crippen LogP contribution < -0.4 is 0 Å². The standard InChI is InChI=1S/C17H8N/c18-10-14-7-6-13-5-4-11-2-1-3-12-8-9-15(14)17(13)16(11)12/h1-5,7-9H. The zero-order chi connectivity index (χ0) is 12.1. The number of benzene rings is 4. The van der Waals surface area contributed by atoms with Crippen LogP contribution in [0.15, 0.2) is 48.5 Å². The Bertz CT molecular complexity index is 913. The fraction of sp³-hybridized carbons (Fsp3) is 0. The molecule has 0 fully saturated rings. The predicted octanol–water partition coefficient (Wildman–Crippen LogP) is 4.26. The van der Waals surface area contributed by atoms with Gasteiger partial charge in [-0.25, -0.2) is 0 Å². The van der Waals surface area contributed by atoms with Crippen molar-refractivity contribution < 1.29 is 0 Å². The Morgan fingerprint density at radius 2 is 1.67 bits per heavy atom. The number of hydrogen-bond acceptors (Lipinski definition) is 1. The first kappa shape index (κ1) is 9.44. The normalized spacial score (nSPS) is 11.3. The van der Waals surface area contributed by atoms with E-state index in [0.717, 1.165) is 16.2 Å². The molecule has 0 aliphatic carbocycles. The molecule has 0 saturated heterocycles. The number of nitrogens with zero attached hydrogens (tertiary/aromatic N) is 1. The van der Waals surface area contributed by atoms with Crippen LogP contribution >= 0.6 is 0 Å². The molecular weight excluding hydrogens is 218 g/mol. The van der Waals surface area contributed by atoms with Crippen LogP contribution in [0.2, 0.25) is 0 Å². The predicted molar refractivity (Wildman–Crippen MR) is 73.7 cm³/mol. The van der Waals surface area contributed by atoms with Crippen LogP contribution in [0.3, 0.4) is 0 Å². The molecule has 0 amide bonds. The summed E-state index contributed by atoms with van der Waals surface area (Å²) in [5.74, 6) is 0. The fourth-order valence-corrected chi connectivity index (χ4v) is 2.75. The molecule has 4 aromatic carbocycles. The molecule has 0 spiro atoms. The van der Waals surface area contributed by atoms with E-state index >= 15 is 0 Å². The van der Waals surface area contributed by atoms with Gasteiger partial charge >= 0.3 is 0 Å². The monoisotopic (exact) mass is 226 g/mol. The molecule has 0 saturated carbocycles. The Hall–Kier alpha value is -2.59. The smallest absolute Gasteiger partial charge is 0.0998 e. The van der Waals surface area contributed by atoms with Crippen LogP contribution in [-0.2, 0) is 0 Å². The maximum atomic E-state index is 9.20. The van der Waals surface area contributed by atoms with Crippen molar-refractivity contribution in [3.63, 3.8) is 0 Å². The molecule has 0 aromatic heterocycles. The number of rotatable bonds is 0. The van der Waals surface area contributed by atoms with Gasteiger partial charge in [-0.2, -0.15) is 5.26 Å². The van der Waals surface area contributed by atoms with Gasteiger partial charge in [-0.05, 0) is 39.1 Å². The zero-order valence-corrected chi connectivity index (χ0v) is 9.57. The van der Waals surface area contributed by atoms with Crippen molar-refractivity contribution in [1.82, 2.24) is 0 Å². The van der Waals surface area contributed by atoms with Crippen LogP contribution in [0.4, 0.5) is 0 Å². The lowest BCUT2D eigenvalue weighted by Gasteiger charge is -2.10. The third-order valence-corrected chi connectivity index (χ3v) is 3.56. The van der Waals surface area contributed by atoms with Gasteiger partial charge in [-0.15, -0.1) is 0 Å². The third-order valence-electron chi connectivity index (χ3n) is 3.56. The van der Waals surface area contributed by atoms with E-state index in [2.05, 4.69) is 48.5 Å². The summed E-state index contributed by atoms with van der Waals surface area (Å²) in [7, 11) is 0.